The molecule has 0 aliphatic rings. The minimum Gasteiger partial charge on any atom is -0.481 e. The zero-order valence-electron chi connectivity index (χ0n) is 11.5. The van der Waals surface area contributed by atoms with E-state index >= 15 is 0 Å². The predicted octanol–water partition coefficient (Wildman–Crippen LogP) is 1.51. The molecule has 0 aromatic carbocycles. The van der Waals surface area contributed by atoms with Gasteiger partial charge in [-0.25, -0.2) is 0 Å². The van der Waals surface area contributed by atoms with E-state index in [0.29, 0.717) is 19.5 Å². The van der Waals surface area contributed by atoms with Crippen molar-refractivity contribution in [1.82, 2.24) is 5.32 Å². The second-order valence-electron chi connectivity index (χ2n) is 4.93. The molecule has 1 unspecified atom stereocenters. The summed E-state index contributed by atoms with van der Waals surface area (Å²) in [5, 5.41) is 11.4. The summed E-state index contributed by atoms with van der Waals surface area (Å²) >= 11 is 0. The number of unbranched alkanes of at least 4 members (excludes halogenated alkanes) is 3. The molecule has 0 aliphatic carbocycles. The van der Waals surface area contributed by atoms with Gasteiger partial charge in [0, 0.05) is 19.5 Å². The van der Waals surface area contributed by atoms with E-state index in [2.05, 4.69) is 5.32 Å². The van der Waals surface area contributed by atoms with Crippen LogP contribution in [0.15, 0.2) is 0 Å². The lowest BCUT2D eigenvalue weighted by atomic mass is 9.86. The van der Waals surface area contributed by atoms with Gasteiger partial charge in [-0.1, -0.05) is 19.8 Å². The molecule has 1 atom stereocenters. The number of nitrogens with two attached hydrogens (primary N) is 1. The van der Waals surface area contributed by atoms with Crippen LogP contribution in [0.5, 0.6) is 0 Å². The fourth-order valence-corrected chi connectivity index (χ4v) is 1.57. The highest BCUT2D eigenvalue weighted by Crippen LogP contribution is 2.18. The zero-order chi connectivity index (χ0) is 14.0. The maximum absolute atomic E-state index is 11.8. The number of carbonyl (C=O) groups is 2. The normalized spacial score (nSPS) is 13.9. The van der Waals surface area contributed by atoms with Crippen LogP contribution >= 0.6 is 0 Å². The van der Waals surface area contributed by atoms with Crippen LogP contribution in [0.1, 0.15) is 52.4 Å². The molecule has 0 saturated carbocycles. The summed E-state index contributed by atoms with van der Waals surface area (Å²) in [6.07, 6.45) is 4.39. The van der Waals surface area contributed by atoms with Gasteiger partial charge in [0.15, 0.2) is 0 Å². The monoisotopic (exact) mass is 258 g/mol. The first-order valence-electron chi connectivity index (χ1n) is 6.66. The molecular formula is C13H26N2O3. The molecule has 0 aromatic heterocycles. The number of hydrogen-bond donors (Lipinski definition) is 3. The maximum Gasteiger partial charge on any atom is 0.303 e. The quantitative estimate of drug-likeness (QED) is 0.518. The molecule has 106 valence electrons. The Bertz CT molecular complexity index is 263. The SMILES string of the molecule is CCC(C)(CN)C(=O)NCCCCCCC(=O)O. The number of carbonyl (C=O) groups excluding carboxylic acids is 1. The number of rotatable bonds is 10. The third-order valence-corrected chi connectivity index (χ3v) is 3.38. The first-order valence-corrected chi connectivity index (χ1v) is 6.66. The molecule has 0 saturated heterocycles. The van der Waals surface area contributed by atoms with Crippen LogP contribution in [-0.2, 0) is 9.59 Å². The molecule has 0 rings (SSSR count). The van der Waals surface area contributed by atoms with Crippen molar-refractivity contribution in [3.8, 4) is 0 Å². The summed E-state index contributed by atoms with van der Waals surface area (Å²) in [6.45, 7) is 4.82. The lowest BCUT2D eigenvalue weighted by molar-refractivity contribution is -0.137. The van der Waals surface area contributed by atoms with Crippen molar-refractivity contribution in [2.75, 3.05) is 13.1 Å². The van der Waals surface area contributed by atoms with Crippen LogP contribution in [0.3, 0.4) is 0 Å². The maximum atomic E-state index is 11.8. The molecule has 1 amide bonds. The van der Waals surface area contributed by atoms with Crippen molar-refractivity contribution in [2.45, 2.75) is 52.4 Å². The van der Waals surface area contributed by atoms with Crippen molar-refractivity contribution >= 4 is 11.9 Å². The Morgan fingerprint density at radius 1 is 1.22 bits per heavy atom. The Hall–Kier alpha value is -1.10. The first-order chi connectivity index (χ1) is 8.46. The largest absolute Gasteiger partial charge is 0.481 e. The number of carboxylic acids is 1. The average molecular weight is 258 g/mol. The minimum atomic E-state index is -0.745. The minimum absolute atomic E-state index is 0.0121. The van der Waals surface area contributed by atoms with Crippen LogP contribution in [0.2, 0.25) is 0 Å². The van der Waals surface area contributed by atoms with Crippen molar-refractivity contribution < 1.29 is 14.7 Å². The van der Waals surface area contributed by atoms with E-state index < -0.39 is 11.4 Å². The lowest BCUT2D eigenvalue weighted by Crippen LogP contribution is -2.43. The predicted molar refractivity (Wildman–Crippen MR) is 71.2 cm³/mol. The zero-order valence-corrected chi connectivity index (χ0v) is 11.5. The van der Waals surface area contributed by atoms with E-state index in [1.165, 1.54) is 0 Å². The summed E-state index contributed by atoms with van der Waals surface area (Å²) in [5.41, 5.74) is 5.13. The Labute approximate surface area is 109 Å². The van der Waals surface area contributed by atoms with E-state index in [1.54, 1.807) is 0 Å². The lowest BCUT2D eigenvalue weighted by Gasteiger charge is -2.24. The van der Waals surface area contributed by atoms with E-state index in [0.717, 1.165) is 25.7 Å². The Kier molecular flexibility index (Phi) is 8.37. The van der Waals surface area contributed by atoms with Crippen LogP contribution in [0.4, 0.5) is 0 Å². The average Bonchev–Trinajstić information content (AvgIpc) is 2.35. The first kappa shape index (κ1) is 16.9. The van der Waals surface area contributed by atoms with Gasteiger partial charge in [-0.15, -0.1) is 0 Å². The number of aliphatic carboxylic acids is 1. The van der Waals surface area contributed by atoms with Gasteiger partial charge in [0.1, 0.15) is 0 Å². The summed E-state index contributed by atoms with van der Waals surface area (Å²) in [6, 6.07) is 0. The molecule has 4 N–H and O–H groups in total. The molecule has 0 fully saturated rings. The van der Waals surface area contributed by atoms with Gasteiger partial charge in [0.25, 0.3) is 0 Å². The highest BCUT2D eigenvalue weighted by atomic mass is 16.4. The van der Waals surface area contributed by atoms with Gasteiger partial charge in [-0.3, -0.25) is 9.59 Å². The number of nitrogens with one attached hydrogen (secondary N) is 1. The van der Waals surface area contributed by atoms with Gasteiger partial charge >= 0.3 is 5.97 Å². The molecular weight excluding hydrogens is 232 g/mol. The molecule has 5 nitrogen and oxygen atoms in total. The number of carboxylic acid groups (broad SMARTS) is 1. The van der Waals surface area contributed by atoms with Crippen molar-refractivity contribution in [3.05, 3.63) is 0 Å². The van der Waals surface area contributed by atoms with E-state index in [-0.39, 0.29) is 12.3 Å². The van der Waals surface area contributed by atoms with Gasteiger partial charge in [0.2, 0.25) is 5.91 Å². The fraction of sp³-hybridized carbons (Fsp3) is 0.846. The topological polar surface area (TPSA) is 92.4 Å². The van der Waals surface area contributed by atoms with Crippen molar-refractivity contribution in [1.29, 1.82) is 0 Å². The van der Waals surface area contributed by atoms with Crippen LogP contribution < -0.4 is 11.1 Å². The summed E-state index contributed by atoms with van der Waals surface area (Å²) in [4.78, 5) is 22.1. The molecule has 0 aromatic rings. The molecule has 5 heteroatoms. The number of hydrogen-bond acceptors (Lipinski definition) is 3. The van der Waals surface area contributed by atoms with Crippen molar-refractivity contribution in [2.24, 2.45) is 11.1 Å². The van der Waals surface area contributed by atoms with Crippen LogP contribution in [0, 0.1) is 5.41 Å². The van der Waals surface area contributed by atoms with Gasteiger partial charge in [-0.05, 0) is 26.2 Å². The van der Waals surface area contributed by atoms with Gasteiger partial charge in [0.05, 0.1) is 5.41 Å². The highest BCUT2D eigenvalue weighted by Gasteiger charge is 2.28. The molecule has 0 bridgehead atoms. The van der Waals surface area contributed by atoms with Gasteiger partial charge < -0.3 is 16.2 Å². The van der Waals surface area contributed by atoms with E-state index in [1.807, 2.05) is 13.8 Å². The second-order valence-corrected chi connectivity index (χ2v) is 4.93. The van der Waals surface area contributed by atoms with Crippen molar-refractivity contribution in [3.63, 3.8) is 0 Å². The second kappa shape index (κ2) is 8.91. The Morgan fingerprint density at radius 2 is 1.83 bits per heavy atom. The number of amides is 1. The molecule has 0 radical (unpaired) electrons. The van der Waals surface area contributed by atoms with E-state index in [9.17, 15) is 9.59 Å². The third-order valence-electron chi connectivity index (χ3n) is 3.38. The summed E-state index contributed by atoms with van der Waals surface area (Å²) in [7, 11) is 0. The molecule has 18 heavy (non-hydrogen) atoms. The summed E-state index contributed by atoms with van der Waals surface area (Å²) < 4.78 is 0. The molecule has 0 aliphatic heterocycles. The molecule has 0 spiro atoms. The molecule has 0 heterocycles. The van der Waals surface area contributed by atoms with Crippen LogP contribution in [0.25, 0.3) is 0 Å². The van der Waals surface area contributed by atoms with Crippen LogP contribution in [-0.4, -0.2) is 30.1 Å². The standard InChI is InChI=1S/C13H26N2O3/c1-3-13(2,10-14)12(18)15-9-7-5-4-6-8-11(16)17/h3-10,14H2,1-2H3,(H,15,18)(H,16,17). The highest BCUT2D eigenvalue weighted by molar-refractivity contribution is 5.82. The Balaban J connectivity index is 3.60. The fourth-order valence-electron chi connectivity index (χ4n) is 1.57. The van der Waals surface area contributed by atoms with E-state index in [4.69, 9.17) is 10.8 Å². The van der Waals surface area contributed by atoms with Gasteiger partial charge in [-0.2, -0.15) is 0 Å². The summed E-state index contributed by atoms with van der Waals surface area (Å²) in [5.74, 6) is -0.733. The third kappa shape index (κ3) is 6.59. The smallest absolute Gasteiger partial charge is 0.303 e. The Morgan fingerprint density at radius 3 is 2.33 bits per heavy atom.